The summed E-state index contributed by atoms with van der Waals surface area (Å²) in [4.78, 5) is 3.70. The smallest absolute Gasteiger partial charge is 0.280 e. The first-order valence-corrected chi connectivity index (χ1v) is 12.5. The van der Waals surface area contributed by atoms with Crippen molar-refractivity contribution < 1.29 is 17.9 Å². The summed E-state index contributed by atoms with van der Waals surface area (Å²) in [5.41, 5.74) is 1.54. The fourth-order valence-electron chi connectivity index (χ4n) is 4.48. The van der Waals surface area contributed by atoms with Crippen LogP contribution in [0.4, 0.5) is 13.2 Å². The van der Waals surface area contributed by atoms with Crippen molar-refractivity contribution in [3.8, 4) is 27.9 Å². The molecule has 0 spiro atoms. The highest BCUT2D eigenvalue weighted by Gasteiger charge is 2.26. The van der Waals surface area contributed by atoms with Gasteiger partial charge in [-0.05, 0) is 52.4 Å². The fourth-order valence-corrected chi connectivity index (χ4v) is 4.64. The van der Waals surface area contributed by atoms with Gasteiger partial charge >= 0.3 is 0 Å². The molecule has 0 aliphatic heterocycles. The van der Waals surface area contributed by atoms with E-state index in [2.05, 4.69) is 30.7 Å². The van der Waals surface area contributed by atoms with Gasteiger partial charge in [-0.3, -0.25) is 14.3 Å². The van der Waals surface area contributed by atoms with Crippen molar-refractivity contribution in [2.24, 2.45) is 0 Å². The van der Waals surface area contributed by atoms with Crippen LogP contribution in [0.1, 0.15) is 23.9 Å². The molecule has 0 bridgehead atoms. The third-order valence-corrected chi connectivity index (χ3v) is 6.71. The van der Waals surface area contributed by atoms with Gasteiger partial charge < -0.3 is 5.21 Å². The van der Waals surface area contributed by atoms with Crippen molar-refractivity contribution in [1.29, 1.82) is 0 Å². The number of aromatic nitrogens is 10. The van der Waals surface area contributed by atoms with Gasteiger partial charge in [0.1, 0.15) is 12.0 Å². The van der Waals surface area contributed by atoms with Gasteiger partial charge in [-0.15, -0.1) is 5.10 Å². The minimum absolute atomic E-state index is 0.0403. The average Bonchev–Trinajstić information content (AvgIpc) is 3.77. The van der Waals surface area contributed by atoms with Crippen LogP contribution in [0.15, 0.2) is 86.0 Å². The molecule has 0 aliphatic carbocycles. The van der Waals surface area contributed by atoms with Crippen LogP contribution in [0.3, 0.4) is 0 Å². The molecule has 5 aromatic heterocycles. The molecule has 206 valence electrons. The van der Waals surface area contributed by atoms with Crippen LogP contribution in [0.25, 0.3) is 27.9 Å². The number of nitrogens with zero attached hydrogens (tertiary/aromatic N) is 10. The number of rotatable bonds is 8. The van der Waals surface area contributed by atoms with Crippen LogP contribution >= 0.6 is 11.6 Å². The van der Waals surface area contributed by atoms with Gasteiger partial charge in [0.15, 0.2) is 18.1 Å². The summed E-state index contributed by atoms with van der Waals surface area (Å²) in [6.45, 7) is 0.218. The highest BCUT2D eigenvalue weighted by atomic mass is 35.5. The Hall–Kier alpha value is -5.11. The lowest BCUT2D eigenvalue weighted by molar-refractivity contribution is -0.615. The molecule has 0 aliphatic rings. The largest absolute Gasteiger partial charge is 0.618 e. The van der Waals surface area contributed by atoms with Gasteiger partial charge in [-0.2, -0.15) is 19.6 Å². The van der Waals surface area contributed by atoms with Crippen LogP contribution in [0.2, 0.25) is 5.02 Å². The Kier molecular flexibility index (Phi) is 6.89. The zero-order valence-electron chi connectivity index (χ0n) is 20.8. The highest BCUT2D eigenvalue weighted by Crippen LogP contribution is 2.33. The predicted octanol–water partition coefficient (Wildman–Crippen LogP) is 4.44. The summed E-state index contributed by atoms with van der Waals surface area (Å²) in [5, 5.41) is 33.1. The molecule has 5 heterocycles. The SMILES string of the molecule is [O-][n+]1cc(-c2c(-n3cnnn3)ccc(Cl)c2F)ccc1C(Cn1cccn1)n1cc(-c2ccnc(C(F)F)c2)cn1. The molecular formula is C26H18ClF3N10O. The second-order valence-corrected chi connectivity index (χ2v) is 9.31. The van der Waals surface area contributed by atoms with Crippen molar-refractivity contribution in [3.63, 3.8) is 0 Å². The number of pyridine rings is 2. The van der Waals surface area contributed by atoms with Gasteiger partial charge in [0.2, 0.25) is 5.69 Å². The summed E-state index contributed by atoms with van der Waals surface area (Å²) in [5.74, 6) is -0.738. The molecule has 0 saturated heterocycles. The van der Waals surface area contributed by atoms with Crippen molar-refractivity contribution in [3.05, 3.63) is 113 Å². The second kappa shape index (κ2) is 10.8. The minimum atomic E-state index is -2.72. The van der Waals surface area contributed by atoms with Crippen molar-refractivity contribution in [2.75, 3.05) is 0 Å². The van der Waals surface area contributed by atoms with E-state index in [0.29, 0.717) is 15.9 Å². The Bertz CT molecular complexity index is 1810. The lowest BCUT2D eigenvalue weighted by Crippen LogP contribution is -2.37. The summed E-state index contributed by atoms with van der Waals surface area (Å²) in [7, 11) is 0. The third-order valence-electron chi connectivity index (χ3n) is 6.42. The highest BCUT2D eigenvalue weighted by molar-refractivity contribution is 6.31. The number of hydrogen-bond acceptors (Lipinski definition) is 7. The van der Waals surface area contributed by atoms with Crippen molar-refractivity contribution >= 4 is 11.6 Å². The topological polar surface area (TPSA) is 119 Å². The van der Waals surface area contributed by atoms with E-state index in [1.807, 2.05) is 0 Å². The molecule has 0 amide bonds. The van der Waals surface area contributed by atoms with Crippen LogP contribution in [0, 0.1) is 11.0 Å². The van der Waals surface area contributed by atoms with E-state index < -0.39 is 18.3 Å². The van der Waals surface area contributed by atoms with Crippen molar-refractivity contribution in [1.82, 2.24) is 44.8 Å². The summed E-state index contributed by atoms with van der Waals surface area (Å²) >= 11 is 6.07. The Morgan fingerprint density at radius 2 is 1.90 bits per heavy atom. The van der Waals surface area contributed by atoms with Crippen LogP contribution in [-0.2, 0) is 6.54 Å². The van der Waals surface area contributed by atoms with Crippen LogP contribution < -0.4 is 4.73 Å². The van der Waals surface area contributed by atoms with Crippen molar-refractivity contribution in [2.45, 2.75) is 19.0 Å². The maximum atomic E-state index is 15.3. The molecule has 0 radical (unpaired) electrons. The molecule has 0 fully saturated rings. The minimum Gasteiger partial charge on any atom is -0.618 e. The van der Waals surface area contributed by atoms with E-state index in [0.717, 1.165) is 0 Å². The second-order valence-electron chi connectivity index (χ2n) is 8.90. The van der Waals surface area contributed by atoms with Gasteiger partial charge in [-0.1, -0.05) is 11.6 Å². The van der Waals surface area contributed by atoms with E-state index in [-0.39, 0.29) is 39.8 Å². The molecular weight excluding hydrogens is 561 g/mol. The number of hydrogen-bond donors (Lipinski definition) is 0. The van der Waals surface area contributed by atoms with Gasteiger partial charge in [0, 0.05) is 36.4 Å². The standard InChI is InChI=1S/C26H18ClF3N10O/c27-19-3-5-22(39-15-32-35-36-39)24(25(19)28)17-2-4-21(40(41)13-17)23(14-37-9-1-7-33-37)38-12-18(11-34-38)16-6-8-31-20(10-16)26(29)30/h1-13,15,23,26H,14H2. The number of benzene rings is 1. The molecule has 1 atom stereocenters. The first-order chi connectivity index (χ1) is 19.9. The monoisotopic (exact) mass is 578 g/mol. The molecule has 11 nitrogen and oxygen atoms in total. The molecule has 0 saturated carbocycles. The zero-order valence-corrected chi connectivity index (χ0v) is 21.6. The summed E-state index contributed by atoms with van der Waals surface area (Å²) in [6, 6.07) is 10.0. The average molecular weight is 579 g/mol. The predicted molar refractivity (Wildman–Crippen MR) is 139 cm³/mol. The zero-order chi connectivity index (χ0) is 28.5. The number of tetrazole rings is 1. The van der Waals surface area contributed by atoms with E-state index in [4.69, 9.17) is 11.6 Å². The maximum absolute atomic E-state index is 15.3. The number of halogens is 4. The molecule has 6 aromatic rings. The molecule has 0 N–H and O–H groups in total. The lowest BCUT2D eigenvalue weighted by atomic mass is 10.0. The van der Waals surface area contributed by atoms with E-state index in [1.165, 1.54) is 41.7 Å². The maximum Gasteiger partial charge on any atom is 0.280 e. The first-order valence-electron chi connectivity index (χ1n) is 12.1. The van der Waals surface area contributed by atoms with E-state index in [9.17, 15) is 14.0 Å². The molecule has 1 unspecified atom stereocenters. The number of alkyl halides is 2. The molecule has 41 heavy (non-hydrogen) atoms. The molecule has 1 aromatic carbocycles. The van der Waals surface area contributed by atoms with Crippen LogP contribution in [-0.4, -0.2) is 44.8 Å². The van der Waals surface area contributed by atoms with E-state index >= 15 is 4.39 Å². The fraction of sp³-hybridized carbons (Fsp3) is 0.115. The summed E-state index contributed by atoms with van der Waals surface area (Å²) in [6.07, 6.45) is 7.62. The van der Waals surface area contributed by atoms with Crippen LogP contribution in [0.5, 0.6) is 0 Å². The quantitative estimate of drug-likeness (QED) is 0.193. The summed E-state index contributed by atoms with van der Waals surface area (Å²) < 4.78 is 46.8. The normalized spacial score (nSPS) is 12.2. The van der Waals surface area contributed by atoms with Gasteiger partial charge in [0.25, 0.3) is 6.43 Å². The third kappa shape index (κ3) is 5.12. The lowest BCUT2D eigenvalue weighted by Gasteiger charge is -2.18. The first kappa shape index (κ1) is 26.1. The van der Waals surface area contributed by atoms with Gasteiger partial charge in [0.05, 0.1) is 34.6 Å². The Morgan fingerprint density at radius 3 is 2.63 bits per heavy atom. The Morgan fingerprint density at radius 1 is 1.02 bits per heavy atom. The molecule has 15 heteroatoms. The Labute approximate surface area is 234 Å². The van der Waals surface area contributed by atoms with Gasteiger partial charge in [-0.25, -0.2) is 13.2 Å². The Balaban J connectivity index is 1.41. The van der Waals surface area contributed by atoms with E-state index in [1.54, 1.807) is 58.3 Å². The molecule has 6 rings (SSSR count).